The number of urea groups is 1. The first-order valence-corrected chi connectivity index (χ1v) is 12.1. The van der Waals surface area contributed by atoms with Crippen LogP contribution in [0.25, 0.3) is 0 Å². The lowest BCUT2D eigenvalue weighted by molar-refractivity contribution is -0.130. The highest BCUT2D eigenvalue weighted by molar-refractivity contribution is 6.09. The van der Waals surface area contributed by atoms with Gasteiger partial charge in [0.25, 0.3) is 5.91 Å². The largest absolute Gasteiger partial charge is 0.325 e. The van der Waals surface area contributed by atoms with Gasteiger partial charge in [0.05, 0.1) is 0 Å². The summed E-state index contributed by atoms with van der Waals surface area (Å²) in [5.41, 5.74) is 1.69. The molecule has 0 aliphatic carbocycles. The van der Waals surface area contributed by atoms with Crippen molar-refractivity contribution < 1.29 is 9.59 Å². The van der Waals surface area contributed by atoms with E-state index < -0.39 is 5.54 Å². The Morgan fingerprint density at radius 1 is 0.824 bits per heavy atom. The van der Waals surface area contributed by atoms with Gasteiger partial charge in [-0.15, -0.1) is 0 Å². The third-order valence-electron chi connectivity index (χ3n) is 7.14. The van der Waals surface area contributed by atoms with E-state index >= 15 is 0 Å². The van der Waals surface area contributed by atoms with Gasteiger partial charge in [0.1, 0.15) is 0 Å². The molecule has 2 aliphatic heterocycles. The number of carbonyl (C=O) groups excluding carboxylic acids is 2. The summed E-state index contributed by atoms with van der Waals surface area (Å²) in [5, 5.41) is 3.01. The van der Waals surface area contributed by atoms with Crippen molar-refractivity contribution in [1.82, 2.24) is 20.1 Å². The summed E-state index contributed by atoms with van der Waals surface area (Å²) in [7, 11) is 0. The molecule has 34 heavy (non-hydrogen) atoms. The molecule has 0 bridgehead atoms. The van der Waals surface area contributed by atoms with E-state index in [0.29, 0.717) is 12.5 Å². The van der Waals surface area contributed by atoms with Gasteiger partial charge in [-0.05, 0) is 73.6 Å². The van der Waals surface area contributed by atoms with Gasteiger partial charge in [0, 0.05) is 18.9 Å². The molecule has 0 spiro atoms. The number of amides is 3. The maximum atomic E-state index is 13.7. The number of rotatable bonds is 7. The molecule has 6 nitrogen and oxygen atoms in total. The number of benzene rings is 2. The number of nitrogens with one attached hydrogen (secondary N) is 1. The van der Waals surface area contributed by atoms with Crippen LogP contribution >= 0.6 is 0 Å². The van der Waals surface area contributed by atoms with E-state index in [0.717, 1.165) is 50.0 Å². The molecule has 3 amide bonds. The minimum atomic E-state index is -1.21. The lowest BCUT2D eigenvalue weighted by atomic mass is 9.83. The molecule has 0 saturated carbocycles. The fraction of sp³-hybridized carbons (Fsp3) is 0.321. The van der Waals surface area contributed by atoms with Crippen molar-refractivity contribution in [2.75, 3.05) is 26.2 Å². The van der Waals surface area contributed by atoms with Crippen LogP contribution in [-0.4, -0.2) is 52.9 Å². The summed E-state index contributed by atoms with van der Waals surface area (Å²) in [6.07, 6.45) is 6.36. The Bertz CT molecular complexity index is 1070. The second kappa shape index (κ2) is 9.77. The van der Waals surface area contributed by atoms with Crippen molar-refractivity contribution in [3.05, 3.63) is 102 Å². The van der Waals surface area contributed by atoms with Crippen LogP contribution in [0.3, 0.4) is 0 Å². The molecule has 2 aliphatic rings. The summed E-state index contributed by atoms with van der Waals surface area (Å²) in [6.45, 7) is 3.38. The maximum Gasteiger partial charge on any atom is 0.325 e. The molecule has 1 N–H and O–H groups in total. The maximum absolute atomic E-state index is 13.7. The van der Waals surface area contributed by atoms with Crippen molar-refractivity contribution in [2.24, 2.45) is 0 Å². The van der Waals surface area contributed by atoms with E-state index in [1.54, 1.807) is 24.5 Å². The molecule has 3 aromatic rings. The van der Waals surface area contributed by atoms with Crippen molar-refractivity contribution in [3.8, 4) is 0 Å². The van der Waals surface area contributed by atoms with E-state index in [-0.39, 0.29) is 11.9 Å². The highest BCUT2D eigenvalue weighted by Gasteiger charge is 2.53. The molecule has 174 valence electrons. The first-order valence-electron chi connectivity index (χ1n) is 12.1. The number of nitrogens with zero attached hydrogens (tertiary/aromatic N) is 3. The van der Waals surface area contributed by atoms with E-state index in [1.807, 2.05) is 30.3 Å². The van der Waals surface area contributed by atoms with Gasteiger partial charge in [-0.25, -0.2) is 4.79 Å². The summed E-state index contributed by atoms with van der Waals surface area (Å²) in [4.78, 5) is 34.6. The zero-order valence-electron chi connectivity index (χ0n) is 19.3. The van der Waals surface area contributed by atoms with E-state index in [1.165, 1.54) is 10.5 Å². The Kier molecular flexibility index (Phi) is 6.41. The zero-order valence-corrected chi connectivity index (χ0v) is 19.3. The number of pyridine rings is 1. The van der Waals surface area contributed by atoms with Crippen LogP contribution in [0.4, 0.5) is 4.79 Å². The number of aromatic nitrogens is 1. The van der Waals surface area contributed by atoms with Crippen LogP contribution in [0.1, 0.15) is 41.9 Å². The third-order valence-corrected chi connectivity index (χ3v) is 7.14. The highest BCUT2D eigenvalue weighted by atomic mass is 16.2. The molecule has 1 aromatic heterocycles. The molecular weight excluding hydrogens is 424 g/mol. The van der Waals surface area contributed by atoms with Crippen molar-refractivity contribution in [1.29, 1.82) is 0 Å². The second-order valence-electron chi connectivity index (χ2n) is 9.12. The molecule has 2 fully saturated rings. The highest BCUT2D eigenvalue weighted by Crippen LogP contribution is 2.36. The topological polar surface area (TPSA) is 65.5 Å². The van der Waals surface area contributed by atoms with Gasteiger partial charge in [-0.2, -0.15) is 0 Å². The molecule has 6 heteroatoms. The molecule has 3 heterocycles. The van der Waals surface area contributed by atoms with Crippen LogP contribution in [-0.2, 0) is 10.3 Å². The van der Waals surface area contributed by atoms with Crippen molar-refractivity contribution >= 4 is 11.9 Å². The minimum absolute atomic E-state index is 0.224. The molecule has 1 unspecified atom stereocenters. The Morgan fingerprint density at radius 3 is 2.12 bits per heavy atom. The monoisotopic (exact) mass is 454 g/mol. The van der Waals surface area contributed by atoms with Gasteiger partial charge in [-0.1, -0.05) is 60.7 Å². The zero-order chi connectivity index (χ0) is 23.4. The SMILES string of the molecule is O=C1NC(c2ccccc2)(c2ccncc2)C(=O)N1CCCN1CCC(c2ccccc2)CC1. The fourth-order valence-corrected chi connectivity index (χ4v) is 5.29. The Morgan fingerprint density at radius 2 is 1.44 bits per heavy atom. The van der Waals surface area contributed by atoms with Crippen LogP contribution in [0.15, 0.2) is 85.2 Å². The lowest BCUT2D eigenvalue weighted by Gasteiger charge is -2.32. The molecule has 2 aromatic carbocycles. The predicted molar refractivity (Wildman–Crippen MR) is 131 cm³/mol. The fourth-order valence-electron chi connectivity index (χ4n) is 5.29. The average molecular weight is 455 g/mol. The number of hydrogen-bond acceptors (Lipinski definition) is 4. The molecule has 5 rings (SSSR count). The predicted octanol–water partition coefficient (Wildman–Crippen LogP) is 4.15. The summed E-state index contributed by atoms with van der Waals surface area (Å²) in [6, 6.07) is 23.4. The number of carbonyl (C=O) groups is 2. The number of likely N-dealkylation sites (tertiary alicyclic amines) is 1. The molecule has 2 saturated heterocycles. The van der Waals surface area contributed by atoms with E-state index in [4.69, 9.17) is 0 Å². The van der Waals surface area contributed by atoms with Crippen LogP contribution in [0.5, 0.6) is 0 Å². The second-order valence-corrected chi connectivity index (χ2v) is 9.12. The smallest absolute Gasteiger partial charge is 0.315 e. The van der Waals surface area contributed by atoms with Crippen LogP contribution in [0, 0.1) is 0 Å². The van der Waals surface area contributed by atoms with Crippen LogP contribution < -0.4 is 5.32 Å². The average Bonchev–Trinajstić information content (AvgIpc) is 3.16. The third kappa shape index (κ3) is 4.21. The van der Waals surface area contributed by atoms with Crippen molar-refractivity contribution in [3.63, 3.8) is 0 Å². The first-order chi connectivity index (χ1) is 16.7. The number of piperidine rings is 1. The summed E-state index contributed by atoms with van der Waals surface area (Å²) >= 11 is 0. The van der Waals surface area contributed by atoms with Gasteiger partial charge in [-0.3, -0.25) is 14.7 Å². The Labute approximate surface area is 200 Å². The van der Waals surface area contributed by atoms with Gasteiger partial charge < -0.3 is 10.2 Å². The summed E-state index contributed by atoms with van der Waals surface area (Å²) < 4.78 is 0. The normalized spacial score (nSPS) is 21.6. The quantitative estimate of drug-likeness (QED) is 0.545. The van der Waals surface area contributed by atoms with Gasteiger partial charge in [0.2, 0.25) is 0 Å². The molecule has 0 radical (unpaired) electrons. The van der Waals surface area contributed by atoms with Gasteiger partial charge in [0.15, 0.2) is 5.54 Å². The molecular formula is C28H30N4O2. The minimum Gasteiger partial charge on any atom is -0.315 e. The lowest BCUT2D eigenvalue weighted by Crippen LogP contribution is -2.45. The van der Waals surface area contributed by atoms with Crippen LogP contribution in [0.2, 0.25) is 0 Å². The summed E-state index contributed by atoms with van der Waals surface area (Å²) in [5.74, 6) is 0.396. The number of imide groups is 1. The standard InChI is InChI=1S/C28H30N4O2/c33-26-28(24-10-5-2-6-11-24,25-12-16-29-17-13-25)30-27(34)32(26)19-7-18-31-20-14-23(15-21-31)22-8-3-1-4-9-22/h1-6,8-13,16-17,23H,7,14-15,18-21H2,(H,30,34). The Balaban J connectivity index is 1.23. The molecule has 1 atom stereocenters. The first kappa shape index (κ1) is 22.3. The number of hydrogen-bond donors (Lipinski definition) is 1. The Hall–Kier alpha value is -3.51. The van der Waals surface area contributed by atoms with E-state index in [9.17, 15) is 9.59 Å². The van der Waals surface area contributed by atoms with E-state index in [2.05, 4.69) is 45.5 Å². The van der Waals surface area contributed by atoms with Crippen molar-refractivity contribution in [2.45, 2.75) is 30.7 Å². The van der Waals surface area contributed by atoms with Gasteiger partial charge >= 0.3 is 6.03 Å².